The number of rotatable bonds is 8. The van der Waals surface area contributed by atoms with Gasteiger partial charge in [-0.05, 0) is 12.8 Å². The Labute approximate surface area is 97.9 Å². The van der Waals surface area contributed by atoms with Crippen LogP contribution in [0.15, 0.2) is 0 Å². The number of Topliss-reactive ketones (excluding diaryl/α,β-unsaturated/α-hetero) is 2. The van der Waals surface area contributed by atoms with E-state index in [9.17, 15) is 14.4 Å². The Morgan fingerprint density at radius 3 is 2.41 bits per heavy atom. The Morgan fingerprint density at radius 1 is 1.35 bits per heavy atom. The van der Waals surface area contributed by atoms with E-state index in [1.807, 2.05) is 0 Å². The number of carbonyl (C=O) groups excluding carboxylic acids is 2. The minimum atomic E-state index is -1.64. The average Bonchev–Trinajstić information content (AvgIpc) is 2.23. The largest absolute Gasteiger partial charge is 0.475 e. The van der Waals surface area contributed by atoms with Gasteiger partial charge in [-0.1, -0.05) is 0 Å². The normalized spacial score (nSPS) is 11.6. The maximum atomic E-state index is 11.3. The van der Waals surface area contributed by atoms with Crippen molar-refractivity contribution < 1.29 is 19.5 Å². The number of aliphatic carboxylic acids is 1. The fourth-order valence-electron chi connectivity index (χ4n) is 1.07. The average molecular weight is 244 g/mol. The second-order valence-corrected chi connectivity index (χ2v) is 3.46. The van der Waals surface area contributed by atoms with Gasteiger partial charge in [0.25, 0.3) is 0 Å². The Balaban J connectivity index is 3.86. The SMILES string of the molecule is N=C(N)NCCCC(N)C(=O)CC(=O)C(=O)O. The quantitative estimate of drug-likeness (QED) is 0.110. The van der Waals surface area contributed by atoms with Gasteiger partial charge >= 0.3 is 5.97 Å². The molecule has 0 aromatic rings. The zero-order valence-electron chi connectivity index (χ0n) is 9.23. The highest BCUT2D eigenvalue weighted by Gasteiger charge is 2.20. The molecule has 0 rings (SSSR count). The Kier molecular flexibility index (Phi) is 6.49. The maximum absolute atomic E-state index is 11.3. The third-order valence-corrected chi connectivity index (χ3v) is 1.99. The first-order valence-electron chi connectivity index (χ1n) is 4.97. The summed E-state index contributed by atoms with van der Waals surface area (Å²) < 4.78 is 0. The lowest BCUT2D eigenvalue weighted by Crippen LogP contribution is -2.35. The fraction of sp³-hybridized carbons (Fsp3) is 0.556. The Hall–Kier alpha value is -1.96. The van der Waals surface area contributed by atoms with Gasteiger partial charge in [0.1, 0.15) is 0 Å². The standard InChI is InChI=1S/C9H16N4O4/c10-5(2-1-3-13-9(11)12)6(14)4-7(15)8(16)17/h5H,1-4,10H2,(H,16,17)(H4,11,12,13). The molecule has 17 heavy (non-hydrogen) atoms. The molecule has 0 spiro atoms. The molecule has 0 aliphatic rings. The number of hydrogen-bond acceptors (Lipinski definition) is 5. The molecule has 96 valence electrons. The predicted molar refractivity (Wildman–Crippen MR) is 59.4 cm³/mol. The molecule has 7 N–H and O–H groups in total. The van der Waals surface area contributed by atoms with E-state index in [0.29, 0.717) is 19.4 Å². The molecular formula is C9H16N4O4. The highest BCUT2D eigenvalue weighted by molar-refractivity contribution is 6.36. The number of hydrogen-bond donors (Lipinski definition) is 5. The summed E-state index contributed by atoms with van der Waals surface area (Å²) in [5.41, 5.74) is 10.5. The third-order valence-electron chi connectivity index (χ3n) is 1.99. The van der Waals surface area contributed by atoms with Crippen LogP contribution >= 0.6 is 0 Å². The van der Waals surface area contributed by atoms with Crippen LogP contribution in [-0.2, 0) is 14.4 Å². The molecule has 0 aliphatic heterocycles. The molecule has 0 bridgehead atoms. The first kappa shape index (κ1) is 15.0. The maximum Gasteiger partial charge on any atom is 0.372 e. The topological polar surface area (TPSA) is 159 Å². The number of ketones is 2. The van der Waals surface area contributed by atoms with E-state index >= 15 is 0 Å². The second-order valence-electron chi connectivity index (χ2n) is 3.46. The van der Waals surface area contributed by atoms with Gasteiger partial charge in [0, 0.05) is 6.54 Å². The van der Waals surface area contributed by atoms with E-state index in [-0.39, 0.29) is 5.96 Å². The summed E-state index contributed by atoms with van der Waals surface area (Å²) in [7, 11) is 0. The number of carboxylic acids is 1. The van der Waals surface area contributed by atoms with Crippen LogP contribution in [0.4, 0.5) is 0 Å². The van der Waals surface area contributed by atoms with Crippen molar-refractivity contribution in [3.05, 3.63) is 0 Å². The summed E-state index contributed by atoms with van der Waals surface area (Å²) in [6.07, 6.45) is 0.108. The molecule has 1 atom stereocenters. The first-order chi connectivity index (χ1) is 7.84. The van der Waals surface area contributed by atoms with Crippen LogP contribution < -0.4 is 16.8 Å². The van der Waals surface area contributed by atoms with Crippen LogP contribution in [0.3, 0.4) is 0 Å². The predicted octanol–water partition coefficient (Wildman–Crippen LogP) is -1.81. The van der Waals surface area contributed by atoms with Crippen LogP contribution in [0.1, 0.15) is 19.3 Å². The molecule has 0 saturated heterocycles. The van der Waals surface area contributed by atoms with E-state index in [1.165, 1.54) is 0 Å². The van der Waals surface area contributed by atoms with Crippen molar-refractivity contribution in [1.29, 1.82) is 5.41 Å². The number of nitrogens with one attached hydrogen (secondary N) is 2. The summed E-state index contributed by atoms with van der Waals surface area (Å²) >= 11 is 0. The second kappa shape index (κ2) is 7.34. The van der Waals surface area contributed by atoms with Crippen molar-refractivity contribution >= 4 is 23.5 Å². The minimum absolute atomic E-state index is 0.175. The van der Waals surface area contributed by atoms with Gasteiger partial charge in [0.15, 0.2) is 11.7 Å². The number of carboxylic acid groups (broad SMARTS) is 1. The van der Waals surface area contributed by atoms with Crippen molar-refractivity contribution in [3.63, 3.8) is 0 Å². The number of guanidine groups is 1. The van der Waals surface area contributed by atoms with Crippen molar-refractivity contribution in [2.24, 2.45) is 11.5 Å². The first-order valence-corrected chi connectivity index (χ1v) is 4.97. The summed E-state index contributed by atoms with van der Waals surface area (Å²) in [6, 6.07) is -0.868. The minimum Gasteiger partial charge on any atom is -0.475 e. The molecule has 0 fully saturated rings. The van der Waals surface area contributed by atoms with Crippen molar-refractivity contribution in [2.45, 2.75) is 25.3 Å². The molecule has 0 radical (unpaired) electrons. The van der Waals surface area contributed by atoms with Gasteiger partial charge in [-0.2, -0.15) is 0 Å². The Morgan fingerprint density at radius 2 is 1.94 bits per heavy atom. The highest BCUT2D eigenvalue weighted by atomic mass is 16.4. The van der Waals surface area contributed by atoms with Crippen molar-refractivity contribution in [3.8, 4) is 0 Å². The lowest BCUT2D eigenvalue weighted by molar-refractivity contribution is -0.150. The molecule has 0 heterocycles. The monoisotopic (exact) mass is 244 g/mol. The van der Waals surface area contributed by atoms with Crippen molar-refractivity contribution in [2.75, 3.05) is 6.54 Å². The van der Waals surface area contributed by atoms with E-state index in [2.05, 4.69) is 5.32 Å². The van der Waals surface area contributed by atoms with E-state index in [1.54, 1.807) is 0 Å². The summed E-state index contributed by atoms with van der Waals surface area (Å²) in [5, 5.41) is 17.7. The zero-order chi connectivity index (χ0) is 13.4. The fourth-order valence-corrected chi connectivity index (χ4v) is 1.07. The zero-order valence-corrected chi connectivity index (χ0v) is 9.23. The van der Waals surface area contributed by atoms with Gasteiger partial charge in [0.2, 0.25) is 5.78 Å². The molecule has 1 unspecified atom stereocenters. The van der Waals surface area contributed by atoms with Gasteiger partial charge in [-0.3, -0.25) is 15.0 Å². The molecule has 8 nitrogen and oxygen atoms in total. The van der Waals surface area contributed by atoms with Crippen LogP contribution in [0, 0.1) is 5.41 Å². The molecule has 0 aliphatic carbocycles. The Bertz CT molecular complexity index is 329. The van der Waals surface area contributed by atoms with Crippen LogP contribution in [-0.4, -0.2) is 41.2 Å². The molecule has 0 aromatic carbocycles. The summed E-state index contributed by atoms with van der Waals surface area (Å²) in [4.78, 5) is 32.2. The molecule has 0 aromatic heterocycles. The molecular weight excluding hydrogens is 228 g/mol. The van der Waals surface area contributed by atoms with E-state index < -0.39 is 30.0 Å². The number of nitrogens with two attached hydrogens (primary N) is 2. The lowest BCUT2D eigenvalue weighted by Gasteiger charge is -2.09. The van der Waals surface area contributed by atoms with Crippen LogP contribution in [0.25, 0.3) is 0 Å². The molecule has 0 amide bonds. The highest BCUT2D eigenvalue weighted by Crippen LogP contribution is 1.99. The van der Waals surface area contributed by atoms with Gasteiger partial charge in [-0.25, -0.2) is 4.79 Å². The molecule has 8 heteroatoms. The third kappa shape index (κ3) is 7.01. The van der Waals surface area contributed by atoms with E-state index in [0.717, 1.165) is 0 Å². The summed E-state index contributed by atoms with van der Waals surface area (Å²) in [5.74, 6) is -3.57. The summed E-state index contributed by atoms with van der Waals surface area (Å²) in [6.45, 7) is 0.392. The van der Waals surface area contributed by atoms with Crippen molar-refractivity contribution in [1.82, 2.24) is 5.32 Å². The smallest absolute Gasteiger partial charge is 0.372 e. The van der Waals surface area contributed by atoms with Crippen LogP contribution in [0.5, 0.6) is 0 Å². The molecule has 0 saturated carbocycles. The van der Waals surface area contributed by atoms with Gasteiger partial charge in [-0.15, -0.1) is 0 Å². The van der Waals surface area contributed by atoms with Gasteiger partial charge in [0.05, 0.1) is 12.5 Å². The van der Waals surface area contributed by atoms with Crippen LogP contribution in [0.2, 0.25) is 0 Å². The van der Waals surface area contributed by atoms with E-state index in [4.69, 9.17) is 22.0 Å². The number of carbonyl (C=O) groups is 3. The van der Waals surface area contributed by atoms with Gasteiger partial charge < -0.3 is 21.9 Å². The lowest BCUT2D eigenvalue weighted by atomic mass is 10.0.